The van der Waals surface area contributed by atoms with Crippen LogP contribution in [0.15, 0.2) is 0 Å². The molecule has 1 aliphatic carbocycles. The van der Waals surface area contributed by atoms with E-state index in [9.17, 15) is 4.79 Å². The molecule has 1 aliphatic rings. The van der Waals surface area contributed by atoms with E-state index in [-0.39, 0.29) is 5.91 Å². The lowest BCUT2D eigenvalue weighted by molar-refractivity contribution is -0.126. The topological polar surface area (TPSA) is 58.4 Å². The third kappa shape index (κ3) is 5.26. The molecular formula is C17H35N3O. The molecule has 1 fully saturated rings. The predicted molar refractivity (Wildman–Crippen MR) is 89.2 cm³/mol. The fraction of sp³-hybridized carbons (Fsp3) is 0.941. The van der Waals surface area contributed by atoms with Crippen molar-refractivity contribution in [3.05, 3.63) is 0 Å². The SMILES string of the molecule is CCCCCN(CC(NCCC)(C(N)=O)C1CC1)C(C)C. The summed E-state index contributed by atoms with van der Waals surface area (Å²) >= 11 is 0. The van der Waals surface area contributed by atoms with Gasteiger partial charge in [0, 0.05) is 12.6 Å². The number of hydrogen-bond acceptors (Lipinski definition) is 3. The summed E-state index contributed by atoms with van der Waals surface area (Å²) in [7, 11) is 0. The summed E-state index contributed by atoms with van der Waals surface area (Å²) in [6.07, 6.45) is 6.95. The zero-order valence-electron chi connectivity index (χ0n) is 14.5. The fourth-order valence-electron chi connectivity index (χ4n) is 3.02. The van der Waals surface area contributed by atoms with Crippen molar-refractivity contribution in [1.82, 2.24) is 10.2 Å². The highest BCUT2D eigenvalue weighted by atomic mass is 16.1. The van der Waals surface area contributed by atoms with E-state index in [1.54, 1.807) is 0 Å². The quantitative estimate of drug-likeness (QED) is 0.544. The van der Waals surface area contributed by atoms with Crippen molar-refractivity contribution in [2.75, 3.05) is 19.6 Å². The average Bonchev–Trinajstić information content (AvgIpc) is 3.26. The van der Waals surface area contributed by atoms with Crippen LogP contribution in [-0.4, -0.2) is 42.0 Å². The van der Waals surface area contributed by atoms with Gasteiger partial charge in [-0.1, -0.05) is 26.7 Å². The molecule has 0 aromatic carbocycles. The summed E-state index contributed by atoms with van der Waals surface area (Å²) < 4.78 is 0. The van der Waals surface area contributed by atoms with E-state index >= 15 is 0 Å². The Morgan fingerprint density at radius 1 is 1.29 bits per heavy atom. The van der Waals surface area contributed by atoms with E-state index < -0.39 is 5.54 Å². The molecule has 0 aromatic heterocycles. The summed E-state index contributed by atoms with van der Waals surface area (Å²) in [4.78, 5) is 14.7. The van der Waals surface area contributed by atoms with Gasteiger partial charge in [0.05, 0.1) is 0 Å². The van der Waals surface area contributed by atoms with Crippen LogP contribution in [0.1, 0.15) is 66.2 Å². The molecule has 1 atom stereocenters. The van der Waals surface area contributed by atoms with Gasteiger partial charge in [-0.15, -0.1) is 0 Å². The smallest absolute Gasteiger partial charge is 0.239 e. The standard InChI is InChI=1S/C17H35N3O/c1-5-7-8-12-20(14(3)4)13-17(16(18)21,15-9-10-15)19-11-6-2/h14-15,19H,5-13H2,1-4H3,(H2,18,21). The molecule has 3 N–H and O–H groups in total. The summed E-state index contributed by atoms with van der Waals surface area (Å²) in [5.74, 6) is 0.258. The Morgan fingerprint density at radius 2 is 1.95 bits per heavy atom. The summed E-state index contributed by atoms with van der Waals surface area (Å²) in [5, 5.41) is 3.50. The molecule has 124 valence electrons. The summed E-state index contributed by atoms with van der Waals surface area (Å²) in [6, 6.07) is 0.447. The predicted octanol–water partition coefficient (Wildman–Crippen LogP) is 2.52. The van der Waals surface area contributed by atoms with E-state index in [0.29, 0.717) is 12.0 Å². The Balaban J connectivity index is 2.77. The van der Waals surface area contributed by atoms with Crippen molar-refractivity contribution in [2.45, 2.75) is 77.8 Å². The summed E-state index contributed by atoms with van der Waals surface area (Å²) in [5.41, 5.74) is 5.31. The molecule has 0 spiro atoms. The maximum absolute atomic E-state index is 12.2. The third-order valence-electron chi connectivity index (χ3n) is 4.64. The van der Waals surface area contributed by atoms with Crippen molar-refractivity contribution in [3.63, 3.8) is 0 Å². The van der Waals surface area contributed by atoms with E-state index in [2.05, 4.69) is 37.9 Å². The Kier molecular flexibility index (Phi) is 7.67. The highest BCUT2D eigenvalue weighted by molar-refractivity contribution is 5.86. The van der Waals surface area contributed by atoms with Crippen molar-refractivity contribution in [2.24, 2.45) is 11.7 Å². The van der Waals surface area contributed by atoms with Crippen LogP contribution in [0.3, 0.4) is 0 Å². The van der Waals surface area contributed by atoms with E-state index in [1.807, 2.05) is 0 Å². The molecule has 0 radical (unpaired) electrons. The zero-order chi connectivity index (χ0) is 15.9. The first-order valence-electron chi connectivity index (χ1n) is 8.76. The molecule has 0 heterocycles. The van der Waals surface area contributed by atoms with Crippen LogP contribution < -0.4 is 11.1 Å². The average molecular weight is 297 g/mol. The Hall–Kier alpha value is -0.610. The number of hydrogen-bond donors (Lipinski definition) is 2. The van der Waals surface area contributed by atoms with Crippen molar-refractivity contribution < 1.29 is 4.79 Å². The normalized spacial score (nSPS) is 18.2. The number of nitrogens with two attached hydrogens (primary N) is 1. The van der Waals surface area contributed by atoms with Gasteiger partial charge < -0.3 is 11.1 Å². The Morgan fingerprint density at radius 3 is 2.38 bits per heavy atom. The van der Waals surface area contributed by atoms with E-state index in [0.717, 1.165) is 38.9 Å². The van der Waals surface area contributed by atoms with E-state index in [4.69, 9.17) is 5.73 Å². The van der Waals surface area contributed by atoms with Crippen LogP contribution in [0.2, 0.25) is 0 Å². The van der Waals surface area contributed by atoms with Gasteiger partial charge in [0.2, 0.25) is 5.91 Å². The number of unbranched alkanes of at least 4 members (excludes halogenated alkanes) is 2. The van der Waals surface area contributed by atoms with Gasteiger partial charge in [-0.3, -0.25) is 9.69 Å². The second-order valence-electron chi connectivity index (χ2n) is 6.81. The number of carbonyl (C=O) groups excluding carboxylic acids is 1. The van der Waals surface area contributed by atoms with Crippen molar-refractivity contribution in [1.29, 1.82) is 0 Å². The third-order valence-corrected chi connectivity index (χ3v) is 4.64. The van der Waals surface area contributed by atoms with Crippen molar-refractivity contribution >= 4 is 5.91 Å². The second kappa shape index (κ2) is 8.74. The highest BCUT2D eigenvalue weighted by Crippen LogP contribution is 2.40. The largest absolute Gasteiger partial charge is 0.368 e. The minimum Gasteiger partial charge on any atom is -0.368 e. The lowest BCUT2D eigenvalue weighted by Crippen LogP contribution is -2.64. The molecule has 1 saturated carbocycles. The van der Waals surface area contributed by atoms with Crippen LogP contribution >= 0.6 is 0 Å². The van der Waals surface area contributed by atoms with Gasteiger partial charge in [0.15, 0.2) is 0 Å². The number of nitrogens with one attached hydrogen (secondary N) is 1. The maximum Gasteiger partial charge on any atom is 0.239 e. The molecule has 1 rings (SSSR count). The Bertz CT molecular complexity index is 315. The lowest BCUT2D eigenvalue weighted by atomic mass is 9.90. The van der Waals surface area contributed by atoms with Crippen LogP contribution in [0, 0.1) is 5.92 Å². The first-order valence-corrected chi connectivity index (χ1v) is 8.76. The zero-order valence-corrected chi connectivity index (χ0v) is 14.5. The Labute approximate surface area is 130 Å². The maximum atomic E-state index is 12.2. The molecule has 1 amide bonds. The van der Waals surface area contributed by atoms with Crippen LogP contribution in [0.4, 0.5) is 0 Å². The number of amides is 1. The monoisotopic (exact) mass is 297 g/mol. The van der Waals surface area contributed by atoms with Gasteiger partial charge in [-0.25, -0.2) is 0 Å². The molecule has 0 aromatic rings. The molecule has 4 heteroatoms. The number of carbonyl (C=O) groups is 1. The van der Waals surface area contributed by atoms with Gasteiger partial charge in [0.25, 0.3) is 0 Å². The first-order chi connectivity index (χ1) is 9.97. The van der Waals surface area contributed by atoms with Gasteiger partial charge >= 0.3 is 0 Å². The fourth-order valence-corrected chi connectivity index (χ4v) is 3.02. The minimum atomic E-state index is -0.521. The minimum absolute atomic E-state index is 0.167. The molecule has 1 unspecified atom stereocenters. The van der Waals surface area contributed by atoms with E-state index in [1.165, 1.54) is 19.3 Å². The van der Waals surface area contributed by atoms with Gasteiger partial charge in [-0.2, -0.15) is 0 Å². The second-order valence-corrected chi connectivity index (χ2v) is 6.81. The lowest BCUT2D eigenvalue weighted by Gasteiger charge is -2.39. The molecule has 0 aliphatic heterocycles. The van der Waals surface area contributed by atoms with Crippen molar-refractivity contribution in [3.8, 4) is 0 Å². The van der Waals surface area contributed by atoms with Crippen LogP contribution in [0.25, 0.3) is 0 Å². The molecule has 21 heavy (non-hydrogen) atoms. The molecular weight excluding hydrogens is 262 g/mol. The molecule has 0 saturated heterocycles. The van der Waals surface area contributed by atoms with Gasteiger partial charge in [0.1, 0.15) is 5.54 Å². The van der Waals surface area contributed by atoms with Crippen LogP contribution in [0.5, 0.6) is 0 Å². The number of nitrogens with zero attached hydrogens (tertiary/aromatic N) is 1. The van der Waals surface area contributed by atoms with Crippen LogP contribution in [-0.2, 0) is 4.79 Å². The molecule has 0 bridgehead atoms. The molecule has 4 nitrogen and oxygen atoms in total. The highest BCUT2D eigenvalue weighted by Gasteiger charge is 2.50. The number of primary amides is 1. The first kappa shape index (κ1) is 18.4. The summed E-state index contributed by atoms with van der Waals surface area (Å²) in [6.45, 7) is 11.5. The van der Waals surface area contributed by atoms with Gasteiger partial charge in [-0.05, 0) is 58.5 Å². The number of rotatable bonds is 12.